The Kier molecular flexibility index (Phi) is 3.38. The topological polar surface area (TPSA) is 61.0 Å². The normalized spacial score (nSPS) is 19.5. The Morgan fingerprint density at radius 1 is 1.44 bits per heavy atom. The molecule has 1 aliphatic heterocycles. The van der Waals surface area contributed by atoms with Crippen LogP contribution >= 0.6 is 11.3 Å². The van der Waals surface area contributed by atoms with Crippen LogP contribution in [0, 0.1) is 0 Å². The van der Waals surface area contributed by atoms with Gasteiger partial charge in [0.1, 0.15) is 0 Å². The minimum atomic E-state index is 0.295. The van der Waals surface area contributed by atoms with E-state index in [0.717, 1.165) is 36.0 Å². The Morgan fingerprint density at radius 2 is 2.39 bits per heavy atom. The standard InChI is InChI=1S/C12H15N3O2S/c1-2-11-13-9(7-18-11)5-10-14-12(15-17-10)8-3-4-16-6-8/h7-8H,2-6H2,1H3. The lowest BCUT2D eigenvalue weighted by molar-refractivity contribution is 0.192. The van der Waals surface area contributed by atoms with Crippen LogP contribution in [0.25, 0.3) is 0 Å². The number of hydrogen-bond donors (Lipinski definition) is 0. The quantitative estimate of drug-likeness (QED) is 0.848. The number of aromatic nitrogens is 3. The summed E-state index contributed by atoms with van der Waals surface area (Å²) in [4.78, 5) is 8.93. The average Bonchev–Trinajstić information content (AvgIpc) is 3.10. The second-order valence-electron chi connectivity index (χ2n) is 4.37. The highest BCUT2D eigenvalue weighted by Gasteiger charge is 2.23. The summed E-state index contributed by atoms with van der Waals surface area (Å²) >= 11 is 1.68. The van der Waals surface area contributed by atoms with E-state index in [9.17, 15) is 0 Å². The van der Waals surface area contributed by atoms with Crippen LogP contribution in [-0.4, -0.2) is 28.3 Å². The molecule has 0 spiro atoms. The largest absolute Gasteiger partial charge is 0.381 e. The zero-order valence-electron chi connectivity index (χ0n) is 10.3. The summed E-state index contributed by atoms with van der Waals surface area (Å²) in [6.07, 6.45) is 2.58. The van der Waals surface area contributed by atoms with Crippen molar-refractivity contribution < 1.29 is 9.26 Å². The molecule has 18 heavy (non-hydrogen) atoms. The monoisotopic (exact) mass is 265 g/mol. The predicted molar refractivity (Wildman–Crippen MR) is 66.8 cm³/mol. The van der Waals surface area contributed by atoms with Crippen molar-refractivity contribution in [1.82, 2.24) is 15.1 Å². The van der Waals surface area contributed by atoms with Gasteiger partial charge in [-0.1, -0.05) is 12.1 Å². The van der Waals surface area contributed by atoms with Gasteiger partial charge in [-0.25, -0.2) is 4.98 Å². The van der Waals surface area contributed by atoms with E-state index in [1.807, 2.05) is 0 Å². The second kappa shape index (κ2) is 5.16. The van der Waals surface area contributed by atoms with E-state index in [0.29, 0.717) is 24.8 Å². The molecule has 2 aromatic rings. The van der Waals surface area contributed by atoms with Crippen molar-refractivity contribution >= 4 is 11.3 Å². The Balaban J connectivity index is 1.69. The molecule has 3 heterocycles. The van der Waals surface area contributed by atoms with Gasteiger partial charge in [-0.3, -0.25) is 0 Å². The number of ether oxygens (including phenoxy) is 1. The predicted octanol–water partition coefficient (Wildman–Crippen LogP) is 2.18. The number of aryl methyl sites for hydroxylation is 1. The summed E-state index contributed by atoms with van der Waals surface area (Å²) in [6, 6.07) is 0. The van der Waals surface area contributed by atoms with Crippen LogP contribution in [-0.2, 0) is 17.6 Å². The molecular formula is C12H15N3O2S. The summed E-state index contributed by atoms with van der Waals surface area (Å²) in [5.41, 5.74) is 1.01. The minimum absolute atomic E-state index is 0.295. The first-order chi connectivity index (χ1) is 8.85. The highest BCUT2D eigenvalue weighted by atomic mass is 32.1. The van der Waals surface area contributed by atoms with Crippen molar-refractivity contribution in [3.05, 3.63) is 27.8 Å². The van der Waals surface area contributed by atoms with Crippen molar-refractivity contribution in [1.29, 1.82) is 0 Å². The molecule has 3 rings (SSSR count). The van der Waals surface area contributed by atoms with E-state index in [2.05, 4.69) is 27.4 Å². The summed E-state index contributed by atoms with van der Waals surface area (Å²) in [5.74, 6) is 1.71. The molecule has 1 atom stereocenters. The first-order valence-electron chi connectivity index (χ1n) is 6.18. The fourth-order valence-corrected chi connectivity index (χ4v) is 2.74. The van der Waals surface area contributed by atoms with Crippen molar-refractivity contribution in [3.63, 3.8) is 0 Å². The SMILES string of the molecule is CCc1nc(Cc2nc(C3CCOC3)no2)cs1. The van der Waals surface area contributed by atoms with Gasteiger partial charge in [0, 0.05) is 17.9 Å². The smallest absolute Gasteiger partial charge is 0.232 e. The zero-order valence-corrected chi connectivity index (χ0v) is 11.1. The minimum Gasteiger partial charge on any atom is -0.381 e. The first-order valence-corrected chi connectivity index (χ1v) is 7.06. The molecule has 0 bridgehead atoms. The maximum atomic E-state index is 5.32. The third kappa shape index (κ3) is 2.44. The molecule has 96 valence electrons. The van der Waals surface area contributed by atoms with E-state index in [1.54, 1.807) is 11.3 Å². The third-order valence-electron chi connectivity index (χ3n) is 3.01. The molecule has 6 heteroatoms. The summed E-state index contributed by atoms with van der Waals surface area (Å²) in [6.45, 7) is 3.60. The van der Waals surface area contributed by atoms with E-state index >= 15 is 0 Å². The molecule has 1 unspecified atom stereocenters. The Hall–Kier alpha value is -1.27. The lowest BCUT2D eigenvalue weighted by Gasteiger charge is -1.97. The van der Waals surface area contributed by atoms with E-state index in [-0.39, 0.29) is 0 Å². The highest BCUT2D eigenvalue weighted by molar-refractivity contribution is 7.09. The summed E-state index contributed by atoms with van der Waals surface area (Å²) in [5, 5.41) is 7.23. The summed E-state index contributed by atoms with van der Waals surface area (Å²) < 4.78 is 10.6. The molecule has 0 N–H and O–H groups in total. The fraction of sp³-hybridized carbons (Fsp3) is 0.583. The maximum absolute atomic E-state index is 5.32. The number of rotatable bonds is 4. The van der Waals surface area contributed by atoms with Crippen LogP contribution in [0.15, 0.2) is 9.90 Å². The highest BCUT2D eigenvalue weighted by Crippen LogP contribution is 2.23. The molecule has 0 aliphatic carbocycles. The van der Waals surface area contributed by atoms with E-state index < -0.39 is 0 Å². The second-order valence-corrected chi connectivity index (χ2v) is 5.31. The van der Waals surface area contributed by atoms with Gasteiger partial charge in [0.2, 0.25) is 5.89 Å². The van der Waals surface area contributed by atoms with Crippen LogP contribution in [0.3, 0.4) is 0 Å². The van der Waals surface area contributed by atoms with Gasteiger partial charge in [0.25, 0.3) is 0 Å². The van der Waals surface area contributed by atoms with Crippen LogP contribution in [0.1, 0.15) is 41.7 Å². The molecule has 0 amide bonds. The Bertz CT molecular complexity index is 517. The number of nitrogens with zero attached hydrogens (tertiary/aromatic N) is 3. The molecule has 2 aromatic heterocycles. The number of thiazole rings is 1. The van der Waals surface area contributed by atoms with Gasteiger partial charge >= 0.3 is 0 Å². The van der Waals surface area contributed by atoms with Gasteiger partial charge < -0.3 is 9.26 Å². The lowest BCUT2D eigenvalue weighted by Crippen LogP contribution is -2.00. The third-order valence-corrected chi connectivity index (χ3v) is 4.05. The van der Waals surface area contributed by atoms with Crippen molar-refractivity contribution in [2.45, 2.75) is 32.1 Å². The molecule has 0 radical (unpaired) electrons. The maximum Gasteiger partial charge on any atom is 0.232 e. The van der Waals surface area contributed by atoms with E-state index in [1.165, 1.54) is 0 Å². The number of hydrogen-bond acceptors (Lipinski definition) is 6. The molecule has 1 saturated heterocycles. The lowest BCUT2D eigenvalue weighted by atomic mass is 10.1. The first kappa shape index (κ1) is 11.8. The molecule has 0 aromatic carbocycles. The van der Waals surface area contributed by atoms with Crippen LogP contribution < -0.4 is 0 Å². The van der Waals surface area contributed by atoms with Crippen molar-refractivity contribution in [3.8, 4) is 0 Å². The van der Waals surface area contributed by atoms with Gasteiger partial charge in [-0.2, -0.15) is 4.98 Å². The average molecular weight is 265 g/mol. The molecular weight excluding hydrogens is 250 g/mol. The Labute approximate surface area is 109 Å². The van der Waals surface area contributed by atoms with Gasteiger partial charge in [0.15, 0.2) is 5.82 Å². The summed E-state index contributed by atoms with van der Waals surface area (Å²) in [7, 11) is 0. The van der Waals surface area contributed by atoms with Gasteiger partial charge in [-0.15, -0.1) is 11.3 Å². The van der Waals surface area contributed by atoms with Gasteiger partial charge in [0.05, 0.1) is 23.7 Å². The van der Waals surface area contributed by atoms with Gasteiger partial charge in [-0.05, 0) is 12.8 Å². The van der Waals surface area contributed by atoms with E-state index in [4.69, 9.17) is 9.26 Å². The molecule has 0 saturated carbocycles. The van der Waals surface area contributed by atoms with Crippen LogP contribution in [0.2, 0.25) is 0 Å². The Morgan fingerprint density at radius 3 is 3.11 bits per heavy atom. The van der Waals surface area contributed by atoms with Crippen molar-refractivity contribution in [2.24, 2.45) is 0 Å². The zero-order chi connectivity index (χ0) is 12.4. The van der Waals surface area contributed by atoms with Crippen LogP contribution in [0.4, 0.5) is 0 Å². The fourth-order valence-electron chi connectivity index (χ4n) is 1.99. The molecule has 5 nitrogen and oxygen atoms in total. The van der Waals surface area contributed by atoms with Crippen molar-refractivity contribution in [2.75, 3.05) is 13.2 Å². The molecule has 1 fully saturated rings. The van der Waals surface area contributed by atoms with Crippen LogP contribution in [0.5, 0.6) is 0 Å². The molecule has 1 aliphatic rings.